The minimum atomic E-state index is -4.22. The van der Waals surface area contributed by atoms with Gasteiger partial charge >= 0.3 is 0 Å². The Balaban J connectivity index is 1.81. The molecule has 0 saturated carbocycles. The van der Waals surface area contributed by atoms with Gasteiger partial charge < -0.3 is 10.2 Å². The summed E-state index contributed by atoms with van der Waals surface area (Å²) in [4.78, 5) is 29.9. The van der Waals surface area contributed by atoms with Crippen LogP contribution in [0.1, 0.15) is 37.5 Å². The minimum Gasteiger partial charge on any atom is -0.350 e. The Labute approximate surface area is 275 Å². The van der Waals surface area contributed by atoms with Gasteiger partial charge in [0.1, 0.15) is 12.6 Å². The lowest BCUT2D eigenvalue weighted by atomic mass is 10.0. The van der Waals surface area contributed by atoms with Crippen LogP contribution in [0.5, 0.6) is 0 Å². The van der Waals surface area contributed by atoms with Crippen molar-refractivity contribution in [3.63, 3.8) is 0 Å². The molecule has 0 aliphatic rings. The third kappa shape index (κ3) is 9.33. The number of nitrogens with zero attached hydrogens (tertiary/aromatic N) is 2. The first-order valence-electron chi connectivity index (χ1n) is 14.5. The molecule has 0 aliphatic carbocycles. The van der Waals surface area contributed by atoms with Gasteiger partial charge in [0.2, 0.25) is 11.8 Å². The molecule has 0 bridgehead atoms. The average molecular weight is 667 g/mol. The SMILES string of the molecule is Cc1ccc(N(CC(=O)N(Cc2cccc(Cl)c2)[C@@H](Cc2ccccc2)C(=O)NC(C)(C)C)S(=O)(=O)c2ccc(Cl)cc2)cc1. The second-order valence-corrected chi connectivity index (χ2v) is 14.6. The summed E-state index contributed by atoms with van der Waals surface area (Å²) in [5, 5.41) is 3.88. The van der Waals surface area contributed by atoms with E-state index < -0.39 is 34.1 Å². The molecule has 10 heteroatoms. The number of aryl methyl sites for hydroxylation is 1. The van der Waals surface area contributed by atoms with Crippen LogP contribution in [0.4, 0.5) is 5.69 Å². The highest BCUT2D eigenvalue weighted by Crippen LogP contribution is 2.27. The number of anilines is 1. The van der Waals surface area contributed by atoms with Crippen molar-refractivity contribution in [2.75, 3.05) is 10.8 Å². The molecule has 0 spiro atoms. The quantitative estimate of drug-likeness (QED) is 0.186. The van der Waals surface area contributed by atoms with Gasteiger partial charge in [-0.3, -0.25) is 13.9 Å². The summed E-state index contributed by atoms with van der Waals surface area (Å²) in [5.74, 6) is -0.915. The van der Waals surface area contributed by atoms with Crippen LogP contribution in [-0.4, -0.2) is 43.3 Å². The summed E-state index contributed by atoms with van der Waals surface area (Å²) in [6, 6.07) is 28.1. The Morgan fingerprint density at radius 2 is 1.42 bits per heavy atom. The van der Waals surface area contributed by atoms with Crippen LogP contribution in [-0.2, 0) is 32.6 Å². The summed E-state index contributed by atoms with van der Waals surface area (Å²) in [5.41, 5.74) is 2.20. The molecule has 4 rings (SSSR count). The maximum atomic E-state index is 14.5. The fourth-order valence-electron chi connectivity index (χ4n) is 4.81. The van der Waals surface area contributed by atoms with Crippen LogP contribution in [0.15, 0.2) is 108 Å². The van der Waals surface area contributed by atoms with E-state index in [9.17, 15) is 18.0 Å². The largest absolute Gasteiger partial charge is 0.350 e. The Kier molecular flexibility index (Phi) is 11.0. The molecule has 0 fully saturated rings. The van der Waals surface area contributed by atoms with Crippen molar-refractivity contribution in [1.82, 2.24) is 10.2 Å². The van der Waals surface area contributed by atoms with Crippen LogP contribution in [0, 0.1) is 6.92 Å². The lowest BCUT2D eigenvalue weighted by Gasteiger charge is -2.35. The van der Waals surface area contributed by atoms with Crippen molar-refractivity contribution in [3.05, 3.63) is 130 Å². The summed E-state index contributed by atoms with van der Waals surface area (Å²) >= 11 is 12.4. The molecule has 0 aromatic heterocycles. The standard InChI is InChI=1S/C35H37Cl2N3O4S/c1-25-13-17-30(18-14-25)40(45(43,44)31-19-15-28(36)16-20-31)24-33(41)39(23-27-11-8-12-29(37)21-27)32(34(42)38-35(2,3)4)22-26-9-6-5-7-10-26/h5-21,32H,22-24H2,1-4H3,(H,38,42)/t32-/m0/s1. The summed E-state index contributed by atoms with van der Waals surface area (Å²) < 4.78 is 29.2. The number of sulfonamides is 1. The number of hydrogen-bond donors (Lipinski definition) is 1. The predicted molar refractivity (Wildman–Crippen MR) is 181 cm³/mol. The Bertz CT molecular complexity index is 1720. The maximum absolute atomic E-state index is 14.5. The molecule has 45 heavy (non-hydrogen) atoms. The van der Waals surface area contributed by atoms with Gasteiger partial charge in [-0.05, 0) is 87.4 Å². The van der Waals surface area contributed by atoms with Crippen molar-refractivity contribution in [3.8, 4) is 0 Å². The van der Waals surface area contributed by atoms with Crippen molar-refractivity contribution >= 4 is 50.7 Å². The van der Waals surface area contributed by atoms with Gasteiger partial charge in [0.05, 0.1) is 10.6 Å². The van der Waals surface area contributed by atoms with Crippen LogP contribution in [0.3, 0.4) is 0 Å². The molecular formula is C35H37Cl2N3O4S. The molecule has 1 N–H and O–H groups in total. The Morgan fingerprint density at radius 3 is 2.02 bits per heavy atom. The molecule has 4 aromatic rings. The maximum Gasteiger partial charge on any atom is 0.264 e. The van der Waals surface area contributed by atoms with Crippen LogP contribution < -0.4 is 9.62 Å². The zero-order valence-corrected chi connectivity index (χ0v) is 28.0. The average Bonchev–Trinajstić information content (AvgIpc) is 2.98. The molecule has 0 aliphatic heterocycles. The predicted octanol–water partition coefficient (Wildman–Crippen LogP) is 7.05. The van der Waals surface area contributed by atoms with Gasteiger partial charge in [0, 0.05) is 28.5 Å². The highest BCUT2D eigenvalue weighted by molar-refractivity contribution is 7.92. The van der Waals surface area contributed by atoms with E-state index >= 15 is 0 Å². The van der Waals surface area contributed by atoms with E-state index in [1.54, 1.807) is 42.5 Å². The fourth-order valence-corrected chi connectivity index (χ4v) is 6.57. The number of hydrogen-bond acceptors (Lipinski definition) is 4. The smallest absolute Gasteiger partial charge is 0.264 e. The van der Waals surface area contributed by atoms with Crippen molar-refractivity contribution in [1.29, 1.82) is 0 Å². The number of carbonyl (C=O) groups is 2. The molecular weight excluding hydrogens is 629 g/mol. The van der Waals surface area contributed by atoms with Gasteiger partial charge in [-0.15, -0.1) is 0 Å². The minimum absolute atomic E-state index is 0.0204. The number of nitrogens with one attached hydrogen (secondary N) is 1. The Morgan fingerprint density at radius 1 is 0.800 bits per heavy atom. The lowest BCUT2D eigenvalue weighted by Crippen LogP contribution is -2.56. The first kappa shape index (κ1) is 34.0. The van der Waals surface area contributed by atoms with E-state index in [1.807, 2.05) is 64.1 Å². The van der Waals surface area contributed by atoms with Crippen LogP contribution >= 0.6 is 23.2 Å². The summed E-state index contributed by atoms with van der Waals surface area (Å²) in [6.45, 7) is 6.96. The molecule has 0 saturated heterocycles. The van der Waals surface area contributed by atoms with E-state index in [-0.39, 0.29) is 23.8 Å². The number of benzene rings is 4. The van der Waals surface area contributed by atoms with Crippen LogP contribution in [0.25, 0.3) is 0 Å². The number of halogens is 2. The zero-order valence-electron chi connectivity index (χ0n) is 25.7. The topological polar surface area (TPSA) is 86.8 Å². The molecule has 0 unspecified atom stereocenters. The third-order valence-electron chi connectivity index (χ3n) is 7.01. The van der Waals surface area contributed by atoms with E-state index in [0.717, 1.165) is 15.4 Å². The van der Waals surface area contributed by atoms with E-state index in [4.69, 9.17) is 23.2 Å². The monoisotopic (exact) mass is 665 g/mol. The lowest BCUT2D eigenvalue weighted by molar-refractivity contribution is -0.140. The number of amides is 2. The summed E-state index contributed by atoms with van der Waals surface area (Å²) in [6.07, 6.45) is 0.212. The van der Waals surface area contributed by atoms with E-state index in [0.29, 0.717) is 21.3 Å². The first-order valence-corrected chi connectivity index (χ1v) is 16.7. The van der Waals surface area contributed by atoms with E-state index in [1.165, 1.54) is 29.2 Å². The van der Waals surface area contributed by atoms with Crippen molar-refractivity contribution < 1.29 is 18.0 Å². The van der Waals surface area contributed by atoms with Gasteiger partial charge in [-0.2, -0.15) is 0 Å². The molecule has 236 valence electrons. The highest BCUT2D eigenvalue weighted by atomic mass is 35.5. The second-order valence-electron chi connectivity index (χ2n) is 11.9. The van der Waals surface area contributed by atoms with Gasteiger partial charge in [-0.25, -0.2) is 8.42 Å². The molecule has 0 radical (unpaired) electrons. The Hall–Kier alpha value is -3.85. The number of rotatable bonds is 11. The van der Waals surface area contributed by atoms with Gasteiger partial charge in [-0.1, -0.05) is 83.4 Å². The van der Waals surface area contributed by atoms with Crippen molar-refractivity contribution in [2.45, 2.75) is 57.1 Å². The summed E-state index contributed by atoms with van der Waals surface area (Å²) in [7, 11) is -4.22. The third-order valence-corrected chi connectivity index (χ3v) is 9.29. The second kappa shape index (κ2) is 14.5. The first-order chi connectivity index (χ1) is 21.2. The molecule has 7 nitrogen and oxygen atoms in total. The fraction of sp³-hybridized carbons (Fsp3) is 0.257. The van der Waals surface area contributed by atoms with Gasteiger partial charge in [0.25, 0.3) is 10.0 Å². The molecule has 2 amide bonds. The molecule has 1 atom stereocenters. The van der Waals surface area contributed by atoms with Crippen molar-refractivity contribution in [2.24, 2.45) is 0 Å². The van der Waals surface area contributed by atoms with E-state index in [2.05, 4.69) is 5.32 Å². The highest BCUT2D eigenvalue weighted by Gasteiger charge is 2.35. The van der Waals surface area contributed by atoms with Gasteiger partial charge in [0.15, 0.2) is 0 Å². The molecule has 0 heterocycles. The van der Waals surface area contributed by atoms with Crippen LogP contribution in [0.2, 0.25) is 10.0 Å². The molecule has 4 aromatic carbocycles. The normalized spacial score (nSPS) is 12.3. The number of carbonyl (C=O) groups excluding carboxylic acids is 2. The zero-order chi connectivity index (χ0) is 32.8.